The second-order valence-electron chi connectivity index (χ2n) is 16.9. The van der Waals surface area contributed by atoms with E-state index >= 15 is 0 Å². The van der Waals surface area contributed by atoms with Gasteiger partial charge >= 0.3 is 5.97 Å². The fraction of sp³-hybridized carbons (Fsp3) is 0.774. The number of esters is 1. The third-order valence-electron chi connectivity index (χ3n) is 11.1. The summed E-state index contributed by atoms with van der Waals surface area (Å²) in [6, 6.07) is -0.720. The molecule has 0 aliphatic heterocycles. The zero-order chi connectivity index (χ0) is 43.1. The molecule has 0 aromatic carbocycles. The van der Waals surface area contributed by atoms with Gasteiger partial charge in [0.05, 0.1) is 25.2 Å². The molecule has 59 heavy (non-hydrogen) atoms. The van der Waals surface area contributed by atoms with Crippen molar-refractivity contribution in [1.29, 1.82) is 0 Å². The van der Waals surface area contributed by atoms with Gasteiger partial charge in [0, 0.05) is 6.42 Å². The number of ether oxygens (including phenoxy) is 1. The van der Waals surface area contributed by atoms with Crippen LogP contribution in [0.3, 0.4) is 0 Å². The van der Waals surface area contributed by atoms with Crippen molar-refractivity contribution in [1.82, 2.24) is 5.32 Å². The van der Waals surface area contributed by atoms with Crippen LogP contribution in [0.5, 0.6) is 0 Å². The van der Waals surface area contributed by atoms with E-state index < -0.39 is 18.2 Å². The molecule has 3 atom stereocenters. The summed E-state index contributed by atoms with van der Waals surface area (Å²) in [5.74, 6) is -0.539. The van der Waals surface area contributed by atoms with Crippen molar-refractivity contribution in [2.45, 2.75) is 257 Å². The van der Waals surface area contributed by atoms with E-state index in [4.69, 9.17) is 4.74 Å². The molecule has 0 aliphatic carbocycles. The third kappa shape index (κ3) is 42.1. The molecule has 3 unspecified atom stereocenters. The van der Waals surface area contributed by atoms with Crippen molar-refractivity contribution in [2.24, 2.45) is 0 Å². The largest absolute Gasteiger partial charge is 0.462 e. The Morgan fingerprint density at radius 2 is 0.881 bits per heavy atom. The quantitative estimate of drug-likeness (QED) is 0.0323. The molecule has 6 heteroatoms. The lowest BCUT2D eigenvalue weighted by molar-refractivity contribution is -0.151. The van der Waals surface area contributed by atoms with E-state index in [1.165, 1.54) is 116 Å². The van der Waals surface area contributed by atoms with Crippen molar-refractivity contribution < 1.29 is 24.5 Å². The van der Waals surface area contributed by atoms with Crippen LogP contribution in [0.25, 0.3) is 0 Å². The van der Waals surface area contributed by atoms with Crippen LogP contribution in [0.15, 0.2) is 60.8 Å². The van der Waals surface area contributed by atoms with Gasteiger partial charge in [0.25, 0.3) is 0 Å². The predicted molar refractivity (Wildman–Crippen MR) is 255 cm³/mol. The van der Waals surface area contributed by atoms with Crippen LogP contribution in [-0.4, -0.2) is 46.9 Å². The van der Waals surface area contributed by atoms with E-state index in [-0.39, 0.29) is 24.9 Å². The van der Waals surface area contributed by atoms with Crippen LogP contribution < -0.4 is 5.32 Å². The molecule has 0 fully saturated rings. The first-order valence-electron chi connectivity index (χ1n) is 25.0. The number of nitrogens with one attached hydrogen (secondary N) is 1. The summed E-state index contributed by atoms with van der Waals surface area (Å²) in [4.78, 5) is 26.1. The summed E-state index contributed by atoms with van der Waals surface area (Å²) >= 11 is 0. The number of amides is 1. The first-order valence-corrected chi connectivity index (χ1v) is 25.0. The molecular formula is C53H95NO5. The maximum atomic E-state index is 13.2. The summed E-state index contributed by atoms with van der Waals surface area (Å²) < 4.78 is 5.89. The lowest BCUT2D eigenvalue weighted by atomic mass is 10.0. The number of rotatable bonds is 44. The van der Waals surface area contributed by atoms with Crippen molar-refractivity contribution in [3.8, 4) is 0 Å². The molecule has 0 saturated carbocycles. The topological polar surface area (TPSA) is 95.9 Å². The highest BCUT2D eigenvalue weighted by atomic mass is 16.5. The molecule has 1 amide bonds. The SMILES string of the molecule is CCCCC/C=C\C/C=C\C/C=C\C/C=C\CCCC(CC(=O)NC(CO)C(O)CCCCCCCCCCCCC)OC(=O)CCCCCCC/C=C\CCCCC. The Morgan fingerprint density at radius 3 is 1.39 bits per heavy atom. The second-order valence-corrected chi connectivity index (χ2v) is 16.9. The Hall–Kier alpha value is -2.44. The lowest BCUT2D eigenvalue weighted by Crippen LogP contribution is -2.46. The summed E-state index contributed by atoms with van der Waals surface area (Å²) in [5.41, 5.74) is 0. The number of hydrogen-bond acceptors (Lipinski definition) is 5. The lowest BCUT2D eigenvalue weighted by Gasteiger charge is -2.24. The molecule has 0 saturated heterocycles. The molecule has 0 heterocycles. The second kappa shape index (κ2) is 46.6. The Morgan fingerprint density at radius 1 is 0.492 bits per heavy atom. The first kappa shape index (κ1) is 56.6. The average molecular weight is 826 g/mol. The van der Waals surface area contributed by atoms with E-state index in [1.807, 2.05) is 0 Å². The van der Waals surface area contributed by atoms with Gasteiger partial charge in [-0.3, -0.25) is 9.59 Å². The van der Waals surface area contributed by atoms with Crippen molar-refractivity contribution in [3.63, 3.8) is 0 Å². The minimum absolute atomic E-state index is 0.0357. The fourth-order valence-electron chi connectivity index (χ4n) is 7.24. The maximum Gasteiger partial charge on any atom is 0.306 e. The molecule has 0 aliphatic rings. The molecular weight excluding hydrogens is 731 g/mol. The van der Waals surface area contributed by atoms with Crippen molar-refractivity contribution in [2.75, 3.05) is 6.61 Å². The molecule has 342 valence electrons. The highest BCUT2D eigenvalue weighted by molar-refractivity contribution is 5.77. The fourth-order valence-corrected chi connectivity index (χ4v) is 7.24. The number of unbranched alkanes of at least 4 members (excludes halogenated alkanes) is 22. The van der Waals surface area contributed by atoms with E-state index in [9.17, 15) is 19.8 Å². The van der Waals surface area contributed by atoms with Crippen molar-refractivity contribution in [3.05, 3.63) is 60.8 Å². The molecule has 0 bridgehead atoms. The smallest absolute Gasteiger partial charge is 0.306 e. The van der Waals surface area contributed by atoms with Gasteiger partial charge in [0.1, 0.15) is 6.10 Å². The third-order valence-corrected chi connectivity index (χ3v) is 11.1. The summed E-state index contributed by atoms with van der Waals surface area (Å²) in [6.45, 7) is 6.40. The van der Waals surface area contributed by atoms with E-state index in [2.05, 4.69) is 86.8 Å². The minimum Gasteiger partial charge on any atom is -0.462 e. The van der Waals surface area contributed by atoms with E-state index in [1.54, 1.807) is 0 Å². The zero-order valence-corrected chi connectivity index (χ0v) is 38.9. The van der Waals surface area contributed by atoms with Crippen LogP contribution in [-0.2, 0) is 14.3 Å². The number of carbonyl (C=O) groups is 2. The molecule has 6 nitrogen and oxygen atoms in total. The Bertz CT molecular complexity index is 1060. The van der Waals surface area contributed by atoms with Crippen LogP contribution in [0.2, 0.25) is 0 Å². The van der Waals surface area contributed by atoms with Gasteiger partial charge in [-0.2, -0.15) is 0 Å². The number of aliphatic hydroxyl groups excluding tert-OH is 2. The van der Waals surface area contributed by atoms with Gasteiger partial charge in [0.2, 0.25) is 5.91 Å². The van der Waals surface area contributed by atoms with Crippen LogP contribution in [0.4, 0.5) is 0 Å². The van der Waals surface area contributed by atoms with Gasteiger partial charge in [0.15, 0.2) is 0 Å². The normalized spacial score (nSPS) is 13.8. The standard InChI is InChI=1S/C53H95NO5/c1-4-7-10-13-16-19-22-24-25-26-27-28-30-32-35-38-41-44-49(59-53(58)46-43-40-37-34-31-23-20-17-14-11-8-5-2)47-52(57)54-50(48-55)51(56)45-42-39-36-33-29-21-18-15-12-9-6-3/h16-17,19-20,24-25,27-28,32,35,49-51,55-56H,4-15,18,21-23,26,29-31,33-34,36-48H2,1-3H3,(H,54,57)/b19-16-,20-17-,25-24-,28-27-,35-32-. The summed E-state index contributed by atoms with van der Waals surface area (Å²) in [5, 5.41) is 23.7. The highest BCUT2D eigenvalue weighted by Gasteiger charge is 2.24. The number of hydrogen-bond donors (Lipinski definition) is 3. The summed E-state index contributed by atoms with van der Waals surface area (Å²) in [6.07, 6.45) is 57.1. The highest BCUT2D eigenvalue weighted by Crippen LogP contribution is 2.16. The van der Waals surface area contributed by atoms with Crippen LogP contribution >= 0.6 is 0 Å². The Balaban J connectivity index is 4.72. The van der Waals surface area contributed by atoms with Gasteiger partial charge < -0.3 is 20.3 Å². The molecule has 0 aromatic rings. The molecule has 0 spiro atoms. The monoisotopic (exact) mass is 826 g/mol. The van der Waals surface area contributed by atoms with Gasteiger partial charge in [-0.05, 0) is 89.9 Å². The van der Waals surface area contributed by atoms with Gasteiger partial charge in [-0.1, -0.05) is 197 Å². The van der Waals surface area contributed by atoms with Crippen LogP contribution in [0.1, 0.15) is 239 Å². The van der Waals surface area contributed by atoms with Gasteiger partial charge in [-0.15, -0.1) is 0 Å². The minimum atomic E-state index is -0.803. The average Bonchev–Trinajstić information content (AvgIpc) is 3.23. The molecule has 3 N–H and O–H groups in total. The number of carbonyl (C=O) groups excluding carboxylic acids is 2. The number of aliphatic hydroxyl groups is 2. The molecule has 0 aromatic heterocycles. The molecule has 0 radical (unpaired) electrons. The Labute approximate surface area is 365 Å². The zero-order valence-electron chi connectivity index (χ0n) is 38.9. The number of allylic oxidation sites excluding steroid dienone is 10. The first-order chi connectivity index (χ1) is 29.0. The van der Waals surface area contributed by atoms with Crippen molar-refractivity contribution >= 4 is 11.9 Å². The maximum absolute atomic E-state index is 13.2. The predicted octanol–water partition coefficient (Wildman–Crippen LogP) is 14.8. The van der Waals surface area contributed by atoms with Gasteiger partial charge in [-0.25, -0.2) is 0 Å². The van der Waals surface area contributed by atoms with Crippen LogP contribution in [0, 0.1) is 0 Å². The summed E-state index contributed by atoms with van der Waals surface area (Å²) in [7, 11) is 0. The van der Waals surface area contributed by atoms with E-state index in [0.29, 0.717) is 19.3 Å². The Kier molecular flexibility index (Phi) is 44.7. The molecule has 0 rings (SSSR count). The van der Waals surface area contributed by atoms with E-state index in [0.717, 1.165) is 77.0 Å².